The van der Waals surface area contributed by atoms with E-state index in [0.29, 0.717) is 11.3 Å². The standard InChI is InChI=1S/C23H29FN4O4S/c24-19-6-4-17(5-7-19)14-18(23(25)30)15-26-22(29)16-33(31,32)27-20-8-10-21(11-9-20)28-12-2-1-3-13-28/h4-11,18,27H,1-3,12-16H2,(H2,25,30)(H,26,29). The lowest BCUT2D eigenvalue weighted by Crippen LogP contribution is -2.40. The number of piperidine rings is 1. The van der Waals surface area contributed by atoms with Crippen molar-refractivity contribution in [1.82, 2.24) is 5.32 Å². The number of primary amides is 1. The number of nitrogens with two attached hydrogens (primary N) is 1. The number of anilines is 2. The Morgan fingerprint density at radius 1 is 1.00 bits per heavy atom. The van der Waals surface area contributed by atoms with E-state index in [1.165, 1.54) is 30.7 Å². The molecule has 0 aliphatic carbocycles. The van der Waals surface area contributed by atoms with Gasteiger partial charge in [0.15, 0.2) is 0 Å². The SMILES string of the molecule is NC(=O)C(CNC(=O)CS(=O)(=O)Nc1ccc(N2CCCCC2)cc1)Cc1ccc(F)cc1. The second-order valence-electron chi connectivity index (χ2n) is 8.19. The van der Waals surface area contributed by atoms with E-state index in [4.69, 9.17) is 5.73 Å². The third-order valence-corrected chi connectivity index (χ3v) is 6.72. The highest BCUT2D eigenvalue weighted by Gasteiger charge is 2.21. The zero-order valence-electron chi connectivity index (χ0n) is 18.3. The highest BCUT2D eigenvalue weighted by atomic mass is 32.2. The summed E-state index contributed by atoms with van der Waals surface area (Å²) in [6, 6.07) is 12.6. The lowest BCUT2D eigenvalue weighted by molar-refractivity contribution is -0.122. The number of carbonyl (C=O) groups is 2. The van der Waals surface area contributed by atoms with Crippen LogP contribution in [0.1, 0.15) is 24.8 Å². The normalized spacial score (nSPS) is 15.0. The molecule has 1 aliphatic heterocycles. The minimum absolute atomic E-state index is 0.119. The molecular weight excluding hydrogens is 447 g/mol. The van der Waals surface area contributed by atoms with Crippen molar-refractivity contribution in [1.29, 1.82) is 0 Å². The van der Waals surface area contributed by atoms with Crippen LogP contribution in [0.15, 0.2) is 48.5 Å². The van der Waals surface area contributed by atoms with Gasteiger partial charge in [-0.15, -0.1) is 0 Å². The Balaban J connectivity index is 1.50. The number of halogens is 1. The summed E-state index contributed by atoms with van der Waals surface area (Å²) in [6.45, 7) is 1.85. The highest BCUT2D eigenvalue weighted by Crippen LogP contribution is 2.22. The maximum Gasteiger partial charge on any atom is 0.241 e. The molecular formula is C23H29FN4O4S. The number of sulfonamides is 1. The molecule has 0 bridgehead atoms. The van der Waals surface area contributed by atoms with Gasteiger partial charge >= 0.3 is 0 Å². The van der Waals surface area contributed by atoms with E-state index in [1.807, 2.05) is 12.1 Å². The molecule has 8 nitrogen and oxygen atoms in total. The van der Waals surface area contributed by atoms with Crippen LogP contribution in [-0.4, -0.2) is 45.6 Å². The first-order valence-corrected chi connectivity index (χ1v) is 12.5. The molecule has 2 aromatic rings. The van der Waals surface area contributed by atoms with Gasteiger partial charge in [0.2, 0.25) is 21.8 Å². The number of hydrogen-bond donors (Lipinski definition) is 3. The van der Waals surface area contributed by atoms with Gasteiger partial charge in [0.25, 0.3) is 0 Å². The molecule has 1 saturated heterocycles. The number of carbonyl (C=O) groups excluding carboxylic acids is 2. The summed E-state index contributed by atoms with van der Waals surface area (Å²) >= 11 is 0. The van der Waals surface area contributed by atoms with Gasteiger partial charge in [0.1, 0.15) is 11.6 Å². The van der Waals surface area contributed by atoms with E-state index in [1.54, 1.807) is 12.1 Å². The lowest BCUT2D eigenvalue weighted by Gasteiger charge is -2.28. The summed E-state index contributed by atoms with van der Waals surface area (Å²) < 4.78 is 40.2. The maximum absolute atomic E-state index is 13.0. The van der Waals surface area contributed by atoms with Crippen LogP contribution in [0.5, 0.6) is 0 Å². The Bertz CT molecular complexity index is 1050. The number of benzene rings is 2. The van der Waals surface area contributed by atoms with E-state index in [9.17, 15) is 22.4 Å². The fourth-order valence-electron chi connectivity index (χ4n) is 3.75. The Labute approximate surface area is 193 Å². The monoisotopic (exact) mass is 476 g/mol. The van der Waals surface area contributed by atoms with Crippen molar-refractivity contribution >= 4 is 33.2 Å². The van der Waals surface area contributed by atoms with E-state index in [-0.39, 0.29) is 13.0 Å². The molecule has 0 spiro atoms. The minimum atomic E-state index is -3.94. The Morgan fingerprint density at radius 2 is 1.64 bits per heavy atom. The highest BCUT2D eigenvalue weighted by molar-refractivity contribution is 7.93. The zero-order valence-corrected chi connectivity index (χ0v) is 19.1. The van der Waals surface area contributed by atoms with Crippen molar-refractivity contribution in [2.24, 2.45) is 11.7 Å². The molecule has 4 N–H and O–H groups in total. The average Bonchev–Trinajstić information content (AvgIpc) is 2.78. The van der Waals surface area contributed by atoms with Crippen molar-refractivity contribution in [3.63, 3.8) is 0 Å². The Morgan fingerprint density at radius 3 is 2.24 bits per heavy atom. The molecule has 1 aliphatic rings. The van der Waals surface area contributed by atoms with Crippen LogP contribution in [0.2, 0.25) is 0 Å². The number of amides is 2. The summed E-state index contributed by atoms with van der Waals surface area (Å²) in [5.41, 5.74) is 7.48. The third-order valence-electron chi connectivity index (χ3n) is 5.53. The van der Waals surface area contributed by atoms with E-state index < -0.39 is 39.3 Å². The summed E-state index contributed by atoms with van der Waals surface area (Å²) in [7, 11) is -3.94. The summed E-state index contributed by atoms with van der Waals surface area (Å²) in [5.74, 6) is -3.34. The summed E-state index contributed by atoms with van der Waals surface area (Å²) in [4.78, 5) is 26.2. The molecule has 1 heterocycles. The van der Waals surface area contributed by atoms with Gasteiger partial charge in [0.05, 0.1) is 5.92 Å². The van der Waals surface area contributed by atoms with Crippen LogP contribution in [0, 0.1) is 11.7 Å². The molecule has 3 rings (SSSR count). The molecule has 33 heavy (non-hydrogen) atoms. The van der Waals surface area contributed by atoms with Gasteiger partial charge in [-0.25, -0.2) is 12.8 Å². The quantitative estimate of drug-likeness (QED) is 0.484. The molecule has 178 valence electrons. The predicted octanol–water partition coefficient (Wildman–Crippen LogP) is 2.02. The van der Waals surface area contributed by atoms with Gasteiger partial charge in [-0.05, 0) is 67.6 Å². The number of nitrogens with one attached hydrogen (secondary N) is 2. The van der Waals surface area contributed by atoms with Crippen LogP contribution in [-0.2, 0) is 26.0 Å². The van der Waals surface area contributed by atoms with E-state index in [0.717, 1.165) is 31.6 Å². The lowest BCUT2D eigenvalue weighted by atomic mass is 9.98. The van der Waals surface area contributed by atoms with Crippen molar-refractivity contribution in [2.75, 3.05) is 35.0 Å². The van der Waals surface area contributed by atoms with Gasteiger partial charge in [-0.1, -0.05) is 12.1 Å². The largest absolute Gasteiger partial charge is 0.372 e. The van der Waals surface area contributed by atoms with E-state index in [2.05, 4.69) is 14.9 Å². The van der Waals surface area contributed by atoms with Crippen molar-refractivity contribution in [3.05, 3.63) is 59.9 Å². The minimum Gasteiger partial charge on any atom is -0.372 e. The second-order valence-corrected chi connectivity index (χ2v) is 9.91. The first-order valence-electron chi connectivity index (χ1n) is 10.9. The molecule has 1 fully saturated rings. The molecule has 1 unspecified atom stereocenters. The number of hydrogen-bond acceptors (Lipinski definition) is 5. The van der Waals surface area contributed by atoms with Gasteiger partial charge < -0.3 is 16.0 Å². The second kappa shape index (κ2) is 11.1. The van der Waals surface area contributed by atoms with Gasteiger partial charge in [-0.3, -0.25) is 14.3 Å². The van der Waals surface area contributed by atoms with Crippen LogP contribution in [0.4, 0.5) is 15.8 Å². The predicted molar refractivity (Wildman–Crippen MR) is 126 cm³/mol. The fraction of sp³-hybridized carbons (Fsp3) is 0.391. The smallest absolute Gasteiger partial charge is 0.241 e. The molecule has 0 radical (unpaired) electrons. The number of nitrogens with zero attached hydrogens (tertiary/aromatic N) is 1. The third kappa shape index (κ3) is 7.74. The zero-order chi connectivity index (χ0) is 23.8. The fourth-order valence-corrected chi connectivity index (χ4v) is 4.76. The van der Waals surface area contributed by atoms with Crippen molar-refractivity contribution in [3.8, 4) is 0 Å². The molecule has 1 atom stereocenters. The summed E-state index contributed by atoms with van der Waals surface area (Å²) in [5, 5.41) is 2.45. The van der Waals surface area contributed by atoms with Crippen LogP contribution in [0.3, 0.4) is 0 Å². The van der Waals surface area contributed by atoms with Crippen molar-refractivity contribution in [2.45, 2.75) is 25.7 Å². The average molecular weight is 477 g/mol. The summed E-state index contributed by atoms with van der Waals surface area (Å²) in [6.07, 6.45) is 3.71. The molecule has 0 aromatic heterocycles. The van der Waals surface area contributed by atoms with Crippen LogP contribution < -0.4 is 20.7 Å². The Kier molecular flexibility index (Phi) is 8.26. The topological polar surface area (TPSA) is 122 Å². The van der Waals surface area contributed by atoms with Crippen LogP contribution in [0.25, 0.3) is 0 Å². The first kappa shape index (κ1) is 24.5. The molecule has 10 heteroatoms. The van der Waals surface area contributed by atoms with Crippen molar-refractivity contribution < 1.29 is 22.4 Å². The van der Waals surface area contributed by atoms with E-state index >= 15 is 0 Å². The van der Waals surface area contributed by atoms with Gasteiger partial charge in [0, 0.05) is 31.0 Å². The molecule has 0 saturated carbocycles. The molecule has 2 aromatic carbocycles. The maximum atomic E-state index is 13.0. The molecule has 2 amide bonds. The number of rotatable bonds is 10. The van der Waals surface area contributed by atoms with Crippen LogP contribution >= 0.6 is 0 Å². The van der Waals surface area contributed by atoms with Gasteiger partial charge in [-0.2, -0.15) is 0 Å². The Hall–Kier alpha value is -3.14. The first-order chi connectivity index (χ1) is 15.7.